The number of nitrogens with zero attached hydrogens (tertiary/aromatic N) is 1. The highest BCUT2D eigenvalue weighted by Crippen LogP contribution is 2.14. The maximum absolute atomic E-state index is 13.2. The van der Waals surface area contributed by atoms with Crippen molar-refractivity contribution in [1.29, 1.82) is 0 Å². The van der Waals surface area contributed by atoms with Gasteiger partial charge in [0.15, 0.2) is 0 Å². The molecule has 1 saturated heterocycles. The lowest BCUT2D eigenvalue weighted by molar-refractivity contribution is 0.0914. The molecule has 0 aliphatic carbocycles. The van der Waals surface area contributed by atoms with Gasteiger partial charge in [-0.05, 0) is 37.5 Å². The highest BCUT2D eigenvalue weighted by Gasteiger charge is 2.22. The smallest absolute Gasteiger partial charge is 0.251 e. The molecule has 1 aliphatic heterocycles. The number of amides is 1. The minimum absolute atomic E-state index is 0.114. The van der Waals surface area contributed by atoms with Crippen molar-refractivity contribution in [2.24, 2.45) is 5.73 Å². The Morgan fingerprint density at radius 3 is 2.76 bits per heavy atom. The van der Waals surface area contributed by atoms with Gasteiger partial charge in [0.1, 0.15) is 5.82 Å². The van der Waals surface area contributed by atoms with Crippen molar-refractivity contribution in [2.75, 3.05) is 19.6 Å². The first-order valence-electron chi connectivity index (χ1n) is 7.03. The summed E-state index contributed by atoms with van der Waals surface area (Å²) in [6, 6.07) is 4.38. The SMILES string of the molecule is Cc1ccc(F)cc1C(=O)NC1CCN(CC(N)=S)CC1. The molecule has 1 heterocycles. The molecule has 3 N–H and O–H groups in total. The standard InChI is InChI=1S/C15H20FN3OS/c1-10-2-3-11(16)8-13(10)15(20)18-12-4-6-19(7-5-12)9-14(17)21/h2-3,8,12H,4-7,9H2,1H3,(H2,17,21)(H,18,20). The van der Waals surface area contributed by atoms with Crippen molar-refractivity contribution >= 4 is 23.1 Å². The van der Waals surface area contributed by atoms with Crippen molar-refractivity contribution in [3.05, 3.63) is 35.1 Å². The van der Waals surface area contributed by atoms with Crippen LogP contribution >= 0.6 is 12.2 Å². The molecule has 0 saturated carbocycles. The lowest BCUT2D eigenvalue weighted by atomic mass is 10.0. The van der Waals surface area contributed by atoms with Crippen LogP contribution in [0.25, 0.3) is 0 Å². The third-order valence-corrected chi connectivity index (χ3v) is 3.88. The van der Waals surface area contributed by atoms with Crippen LogP contribution < -0.4 is 11.1 Å². The molecule has 0 spiro atoms. The largest absolute Gasteiger partial charge is 0.392 e. The van der Waals surface area contributed by atoms with Gasteiger partial charge in [-0.25, -0.2) is 4.39 Å². The van der Waals surface area contributed by atoms with E-state index in [0.717, 1.165) is 31.5 Å². The summed E-state index contributed by atoms with van der Waals surface area (Å²) >= 11 is 4.90. The predicted molar refractivity (Wildman–Crippen MR) is 84.9 cm³/mol. The van der Waals surface area contributed by atoms with Crippen molar-refractivity contribution < 1.29 is 9.18 Å². The Hall–Kier alpha value is -1.53. The first kappa shape index (κ1) is 15.9. The quantitative estimate of drug-likeness (QED) is 0.830. The Kier molecular flexibility index (Phi) is 5.25. The molecule has 1 aromatic rings. The molecule has 2 rings (SSSR count). The number of nitrogens with two attached hydrogens (primary N) is 1. The summed E-state index contributed by atoms with van der Waals surface area (Å²) in [6.07, 6.45) is 1.70. The van der Waals surface area contributed by atoms with Crippen LogP contribution in [0, 0.1) is 12.7 Å². The molecule has 4 nitrogen and oxygen atoms in total. The van der Waals surface area contributed by atoms with Crippen molar-refractivity contribution in [1.82, 2.24) is 10.2 Å². The summed E-state index contributed by atoms with van der Waals surface area (Å²) in [5, 5.41) is 2.98. The van der Waals surface area contributed by atoms with E-state index in [0.29, 0.717) is 17.1 Å². The Balaban J connectivity index is 1.90. The Morgan fingerprint density at radius 2 is 2.14 bits per heavy atom. The molecule has 1 aliphatic rings. The fraction of sp³-hybridized carbons (Fsp3) is 0.467. The summed E-state index contributed by atoms with van der Waals surface area (Å²) < 4.78 is 13.2. The van der Waals surface area contributed by atoms with Crippen LogP contribution in [-0.2, 0) is 0 Å². The molecule has 1 aromatic carbocycles. The zero-order valence-electron chi connectivity index (χ0n) is 12.1. The van der Waals surface area contributed by atoms with Crippen molar-refractivity contribution in [2.45, 2.75) is 25.8 Å². The van der Waals surface area contributed by atoms with E-state index in [1.165, 1.54) is 12.1 Å². The number of hydrogen-bond acceptors (Lipinski definition) is 3. The number of aryl methyl sites for hydroxylation is 1. The molecule has 1 amide bonds. The maximum atomic E-state index is 13.2. The molecule has 0 aromatic heterocycles. The molecule has 114 valence electrons. The molecule has 21 heavy (non-hydrogen) atoms. The van der Waals surface area contributed by atoms with Crippen LogP contribution in [0.3, 0.4) is 0 Å². The van der Waals surface area contributed by atoms with Gasteiger partial charge in [0.2, 0.25) is 0 Å². The first-order chi connectivity index (χ1) is 9.95. The molecule has 0 bridgehead atoms. The average molecular weight is 309 g/mol. The van der Waals surface area contributed by atoms with Gasteiger partial charge in [0.25, 0.3) is 5.91 Å². The number of nitrogens with one attached hydrogen (secondary N) is 1. The Bertz CT molecular complexity index is 542. The van der Waals surface area contributed by atoms with E-state index in [4.69, 9.17) is 18.0 Å². The van der Waals surface area contributed by atoms with Gasteiger partial charge in [-0.1, -0.05) is 18.3 Å². The molecular formula is C15H20FN3OS. The fourth-order valence-corrected chi connectivity index (χ4v) is 2.74. The zero-order valence-corrected chi connectivity index (χ0v) is 12.9. The van der Waals surface area contributed by atoms with Gasteiger partial charge >= 0.3 is 0 Å². The van der Waals surface area contributed by atoms with Gasteiger partial charge in [-0.2, -0.15) is 0 Å². The van der Waals surface area contributed by atoms with E-state index < -0.39 is 5.82 Å². The number of carbonyl (C=O) groups excluding carboxylic acids is 1. The lowest BCUT2D eigenvalue weighted by Crippen LogP contribution is -2.46. The van der Waals surface area contributed by atoms with Crippen LogP contribution in [0.15, 0.2) is 18.2 Å². The molecule has 6 heteroatoms. The average Bonchev–Trinajstić information content (AvgIpc) is 2.43. The van der Waals surface area contributed by atoms with Gasteiger partial charge < -0.3 is 11.1 Å². The molecule has 1 fully saturated rings. The summed E-state index contributed by atoms with van der Waals surface area (Å²) in [7, 11) is 0. The molecular weight excluding hydrogens is 289 g/mol. The van der Waals surface area contributed by atoms with E-state index in [9.17, 15) is 9.18 Å². The molecule has 0 atom stereocenters. The highest BCUT2D eigenvalue weighted by atomic mass is 32.1. The summed E-state index contributed by atoms with van der Waals surface area (Å²) in [4.78, 5) is 14.9. The van der Waals surface area contributed by atoms with Crippen LogP contribution in [-0.4, -0.2) is 41.5 Å². The van der Waals surface area contributed by atoms with E-state index in [1.807, 2.05) is 0 Å². The van der Waals surface area contributed by atoms with Crippen LogP contribution in [0.4, 0.5) is 4.39 Å². The van der Waals surface area contributed by atoms with Gasteiger partial charge in [0, 0.05) is 31.2 Å². The van der Waals surface area contributed by atoms with Crippen molar-refractivity contribution in [3.8, 4) is 0 Å². The van der Waals surface area contributed by atoms with E-state index in [-0.39, 0.29) is 11.9 Å². The monoisotopic (exact) mass is 309 g/mol. The number of benzene rings is 1. The number of hydrogen-bond donors (Lipinski definition) is 2. The second-order valence-electron chi connectivity index (χ2n) is 5.45. The number of rotatable bonds is 4. The van der Waals surface area contributed by atoms with Crippen molar-refractivity contribution in [3.63, 3.8) is 0 Å². The minimum atomic E-state index is -0.392. The third-order valence-electron chi connectivity index (χ3n) is 3.75. The van der Waals surface area contributed by atoms with Gasteiger partial charge in [-0.15, -0.1) is 0 Å². The number of carbonyl (C=O) groups is 1. The topological polar surface area (TPSA) is 58.4 Å². The van der Waals surface area contributed by atoms with Gasteiger partial charge in [0.05, 0.1) is 4.99 Å². The lowest BCUT2D eigenvalue weighted by Gasteiger charge is -2.32. The first-order valence-corrected chi connectivity index (χ1v) is 7.44. The normalized spacial score (nSPS) is 16.7. The Labute approximate surface area is 129 Å². The van der Waals surface area contributed by atoms with Crippen LogP contribution in [0.5, 0.6) is 0 Å². The number of halogens is 1. The van der Waals surface area contributed by atoms with E-state index >= 15 is 0 Å². The third kappa shape index (κ3) is 4.47. The van der Waals surface area contributed by atoms with E-state index in [1.54, 1.807) is 13.0 Å². The molecule has 0 unspecified atom stereocenters. The van der Waals surface area contributed by atoms with Gasteiger partial charge in [-0.3, -0.25) is 9.69 Å². The summed E-state index contributed by atoms with van der Waals surface area (Å²) in [5.74, 6) is -0.600. The second-order valence-corrected chi connectivity index (χ2v) is 5.97. The van der Waals surface area contributed by atoms with Crippen LogP contribution in [0.1, 0.15) is 28.8 Å². The highest BCUT2D eigenvalue weighted by molar-refractivity contribution is 7.80. The number of likely N-dealkylation sites (tertiary alicyclic amines) is 1. The Morgan fingerprint density at radius 1 is 1.48 bits per heavy atom. The van der Waals surface area contributed by atoms with Crippen LogP contribution in [0.2, 0.25) is 0 Å². The maximum Gasteiger partial charge on any atom is 0.251 e. The minimum Gasteiger partial charge on any atom is -0.392 e. The zero-order chi connectivity index (χ0) is 15.4. The molecule has 0 radical (unpaired) electrons. The second kappa shape index (κ2) is 6.95. The summed E-state index contributed by atoms with van der Waals surface area (Å²) in [6.45, 7) is 4.13. The number of thiocarbonyl (C=S) groups is 1. The van der Waals surface area contributed by atoms with E-state index in [2.05, 4.69) is 10.2 Å². The predicted octanol–water partition coefficient (Wildman–Crippen LogP) is 1.61. The summed E-state index contributed by atoms with van der Waals surface area (Å²) in [5.41, 5.74) is 6.71. The number of piperidine rings is 1. The fourth-order valence-electron chi connectivity index (χ4n) is 2.56.